The van der Waals surface area contributed by atoms with Crippen molar-refractivity contribution in [3.63, 3.8) is 0 Å². The zero-order valence-electron chi connectivity index (χ0n) is 15.5. The summed E-state index contributed by atoms with van der Waals surface area (Å²) in [6.45, 7) is 2.78. The van der Waals surface area contributed by atoms with E-state index in [1.165, 1.54) is 6.92 Å². The van der Waals surface area contributed by atoms with Crippen LogP contribution in [0, 0.1) is 0 Å². The van der Waals surface area contributed by atoms with Crippen LogP contribution >= 0.6 is 0 Å². The lowest BCUT2D eigenvalue weighted by Gasteiger charge is -2.34. The van der Waals surface area contributed by atoms with Crippen LogP contribution < -0.4 is 4.74 Å². The van der Waals surface area contributed by atoms with Gasteiger partial charge < -0.3 is 9.64 Å². The standard InChI is InChI=1S/C23H23NO3/c1-17(25)19-8-3-4-9-20(19)22(26)24-15-6-12-23(14-16-24)13-11-18-7-2-5-10-21(18)27-23/h2-5,7-11,13H,6,12,14-16H2,1H3/t23-/m1/s1. The Morgan fingerprint density at radius 2 is 1.70 bits per heavy atom. The highest BCUT2D eigenvalue weighted by atomic mass is 16.5. The number of likely N-dealkylation sites (tertiary alicyclic amines) is 1. The van der Waals surface area contributed by atoms with Gasteiger partial charge in [0.25, 0.3) is 5.91 Å². The van der Waals surface area contributed by atoms with Gasteiger partial charge in [-0.15, -0.1) is 0 Å². The van der Waals surface area contributed by atoms with Crippen molar-refractivity contribution in [3.05, 3.63) is 71.3 Å². The second-order valence-electron chi connectivity index (χ2n) is 7.29. The molecular weight excluding hydrogens is 338 g/mol. The number of carbonyl (C=O) groups is 2. The molecule has 0 N–H and O–H groups in total. The van der Waals surface area contributed by atoms with E-state index in [2.05, 4.69) is 12.2 Å². The third-order valence-electron chi connectivity index (χ3n) is 5.46. The van der Waals surface area contributed by atoms with Crippen molar-refractivity contribution in [2.75, 3.05) is 13.1 Å². The number of ether oxygens (including phenoxy) is 1. The van der Waals surface area contributed by atoms with E-state index in [1.54, 1.807) is 18.2 Å². The molecule has 4 nitrogen and oxygen atoms in total. The lowest BCUT2D eigenvalue weighted by atomic mass is 9.91. The number of fused-ring (bicyclic) bond motifs is 1. The van der Waals surface area contributed by atoms with E-state index in [9.17, 15) is 9.59 Å². The Morgan fingerprint density at radius 1 is 0.963 bits per heavy atom. The van der Waals surface area contributed by atoms with Crippen LogP contribution in [0.4, 0.5) is 0 Å². The van der Waals surface area contributed by atoms with Gasteiger partial charge >= 0.3 is 0 Å². The minimum absolute atomic E-state index is 0.0713. The van der Waals surface area contributed by atoms with E-state index < -0.39 is 0 Å². The van der Waals surface area contributed by atoms with Crippen LogP contribution in [0.3, 0.4) is 0 Å². The minimum atomic E-state index is -0.358. The Hall–Kier alpha value is -2.88. The lowest BCUT2D eigenvalue weighted by Crippen LogP contribution is -2.38. The highest BCUT2D eigenvalue weighted by Gasteiger charge is 2.36. The first kappa shape index (κ1) is 17.5. The summed E-state index contributed by atoms with van der Waals surface area (Å²) in [4.78, 5) is 26.8. The molecule has 2 heterocycles. The molecule has 4 rings (SSSR count). The summed E-state index contributed by atoms with van der Waals surface area (Å²) in [6, 6.07) is 15.1. The molecule has 1 atom stereocenters. The van der Waals surface area contributed by atoms with Crippen LogP contribution in [-0.2, 0) is 0 Å². The van der Waals surface area contributed by atoms with Gasteiger partial charge in [0.2, 0.25) is 0 Å². The predicted octanol–water partition coefficient (Wildman–Crippen LogP) is 4.36. The monoisotopic (exact) mass is 361 g/mol. The quantitative estimate of drug-likeness (QED) is 0.747. The van der Waals surface area contributed by atoms with Crippen LogP contribution in [-0.4, -0.2) is 35.3 Å². The van der Waals surface area contributed by atoms with Crippen molar-refractivity contribution in [2.45, 2.75) is 31.8 Å². The number of para-hydroxylation sites is 1. The Morgan fingerprint density at radius 3 is 2.52 bits per heavy atom. The van der Waals surface area contributed by atoms with Gasteiger partial charge in [-0.2, -0.15) is 0 Å². The van der Waals surface area contributed by atoms with Crippen LogP contribution in [0.15, 0.2) is 54.6 Å². The molecule has 1 amide bonds. The molecule has 1 fully saturated rings. The Balaban J connectivity index is 1.53. The number of nitrogens with zero attached hydrogens (tertiary/aromatic N) is 1. The SMILES string of the molecule is CC(=O)c1ccccc1C(=O)N1CCC[C@@]2(C=Cc3ccccc3O2)CC1. The second kappa shape index (κ2) is 7.03. The van der Waals surface area contributed by atoms with Gasteiger partial charge in [0.15, 0.2) is 5.78 Å². The summed E-state index contributed by atoms with van der Waals surface area (Å²) >= 11 is 0. The van der Waals surface area contributed by atoms with Crippen molar-refractivity contribution >= 4 is 17.8 Å². The van der Waals surface area contributed by atoms with Crippen molar-refractivity contribution < 1.29 is 14.3 Å². The normalized spacial score (nSPS) is 21.3. The summed E-state index contributed by atoms with van der Waals surface area (Å²) in [5.41, 5.74) is 1.72. The maximum atomic E-state index is 13.1. The van der Waals surface area contributed by atoms with E-state index in [-0.39, 0.29) is 17.3 Å². The van der Waals surface area contributed by atoms with Gasteiger partial charge in [0.1, 0.15) is 11.4 Å². The summed E-state index contributed by atoms with van der Waals surface area (Å²) < 4.78 is 6.36. The number of hydrogen-bond acceptors (Lipinski definition) is 3. The zero-order chi connectivity index (χ0) is 18.9. The number of benzene rings is 2. The average molecular weight is 361 g/mol. The second-order valence-corrected chi connectivity index (χ2v) is 7.29. The van der Waals surface area contributed by atoms with Crippen molar-refractivity contribution in [1.82, 2.24) is 4.90 Å². The summed E-state index contributed by atoms with van der Waals surface area (Å²) in [5, 5.41) is 0. The highest BCUT2D eigenvalue weighted by molar-refractivity contribution is 6.07. The van der Waals surface area contributed by atoms with Gasteiger partial charge in [0.05, 0.1) is 5.56 Å². The molecule has 2 aliphatic rings. The lowest BCUT2D eigenvalue weighted by molar-refractivity contribution is 0.0726. The molecule has 1 saturated heterocycles. The number of carbonyl (C=O) groups excluding carboxylic acids is 2. The van der Waals surface area contributed by atoms with Crippen LogP contribution in [0.2, 0.25) is 0 Å². The Kier molecular flexibility index (Phi) is 4.56. The number of rotatable bonds is 2. The van der Waals surface area contributed by atoms with Gasteiger partial charge in [-0.25, -0.2) is 0 Å². The first-order valence-corrected chi connectivity index (χ1v) is 9.45. The fourth-order valence-electron chi connectivity index (χ4n) is 3.95. The zero-order valence-corrected chi connectivity index (χ0v) is 15.5. The van der Waals surface area contributed by atoms with Gasteiger partial charge in [-0.3, -0.25) is 9.59 Å². The van der Waals surface area contributed by atoms with Gasteiger partial charge in [0, 0.05) is 30.6 Å². The predicted molar refractivity (Wildman–Crippen MR) is 105 cm³/mol. The topological polar surface area (TPSA) is 46.6 Å². The maximum Gasteiger partial charge on any atom is 0.254 e. The molecule has 0 bridgehead atoms. The first-order valence-electron chi connectivity index (χ1n) is 9.45. The summed E-state index contributed by atoms with van der Waals surface area (Å²) in [7, 11) is 0. The molecule has 4 heteroatoms. The highest BCUT2D eigenvalue weighted by Crippen LogP contribution is 2.37. The molecule has 0 aromatic heterocycles. The number of ketones is 1. The van der Waals surface area contributed by atoms with Crippen molar-refractivity contribution in [1.29, 1.82) is 0 Å². The number of amides is 1. The molecule has 1 spiro atoms. The molecule has 27 heavy (non-hydrogen) atoms. The van der Waals surface area contributed by atoms with Crippen LogP contribution in [0.25, 0.3) is 6.08 Å². The summed E-state index contributed by atoms with van der Waals surface area (Å²) in [5.74, 6) is 0.750. The average Bonchev–Trinajstić information content (AvgIpc) is 2.90. The maximum absolute atomic E-state index is 13.1. The molecule has 0 aliphatic carbocycles. The third-order valence-corrected chi connectivity index (χ3v) is 5.46. The van der Waals surface area contributed by atoms with E-state index in [1.807, 2.05) is 35.2 Å². The fourth-order valence-corrected chi connectivity index (χ4v) is 3.95. The van der Waals surface area contributed by atoms with Crippen LogP contribution in [0.1, 0.15) is 52.5 Å². The molecule has 2 aliphatic heterocycles. The number of Topliss-reactive ketones (excluding diaryl/α,β-unsaturated/α-hetero) is 1. The molecule has 2 aromatic carbocycles. The third kappa shape index (κ3) is 3.39. The summed E-state index contributed by atoms with van der Waals surface area (Å²) in [6.07, 6.45) is 6.75. The molecule has 138 valence electrons. The van der Waals surface area contributed by atoms with E-state index in [0.717, 1.165) is 30.6 Å². The van der Waals surface area contributed by atoms with Gasteiger partial charge in [-0.05, 0) is 38.0 Å². The molecule has 0 saturated carbocycles. The Bertz CT molecular complexity index is 917. The van der Waals surface area contributed by atoms with E-state index in [0.29, 0.717) is 24.2 Å². The molecule has 0 unspecified atom stereocenters. The van der Waals surface area contributed by atoms with Gasteiger partial charge in [-0.1, -0.05) is 42.5 Å². The van der Waals surface area contributed by atoms with E-state index >= 15 is 0 Å². The van der Waals surface area contributed by atoms with Crippen molar-refractivity contribution in [2.24, 2.45) is 0 Å². The molecular formula is C23H23NO3. The molecule has 0 radical (unpaired) electrons. The smallest absolute Gasteiger partial charge is 0.254 e. The largest absolute Gasteiger partial charge is 0.483 e. The van der Waals surface area contributed by atoms with E-state index in [4.69, 9.17) is 4.74 Å². The number of hydrogen-bond donors (Lipinski definition) is 0. The minimum Gasteiger partial charge on any atom is -0.483 e. The first-order chi connectivity index (χ1) is 13.1. The molecule has 2 aromatic rings. The fraction of sp³-hybridized carbons (Fsp3) is 0.304. The Labute approximate surface area is 159 Å². The van der Waals surface area contributed by atoms with Crippen molar-refractivity contribution in [3.8, 4) is 5.75 Å². The van der Waals surface area contributed by atoms with Crippen LogP contribution in [0.5, 0.6) is 5.75 Å².